The van der Waals surface area contributed by atoms with Crippen LogP contribution in [0.2, 0.25) is 0 Å². The van der Waals surface area contributed by atoms with Crippen molar-refractivity contribution in [3.05, 3.63) is 0 Å². The van der Waals surface area contributed by atoms with Gasteiger partial charge in [0.05, 0.1) is 12.2 Å². The van der Waals surface area contributed by atoms with Gasteiger partial charge in [0.15, 0.2) is 0 Å². The van der Waals surface area contributed by atoms with Crippen LogP contribution < -0.4 is 0 Å². The second kappa shape index (κ2) is 18.3. The minimum absolute atomic E-state index is 0.301. The van der Waals surface area contributed by atoms with Crippen molar-refractivity contribution in [1.29, 1.82) is 0 Å². The topological polar surface area (TPSA) is 40.5 Å². The predicted octanol–water partition coefficient (Wildman–Crippen LogP) is 6.38. The Kier molecular flexibility index (Phi) is 18.2. The molecule has 2 unspecified atom stereocenters. The highest BCUT2D eigenvalue weighted by molar-refractivity contribution is 4.64. The van der Waals surface area contributed by atoms with E-state index in [-0.39, 0.29) is 12.2 Å². The number of hydrogen-bond acceptors (Lipinski definition) is 2. The van der Waals surface area contributed by atoms with Crippen molar-refractivity contribution >= 4 is 0 Å². The van der Waals surface area contributed by atoms with Crippen LogP contribution in [-0.2, 0) is 0 Å². The van der Waals surface area contributed by atoms with Gasteiger partial charge in [0.2, 0.25) is 0 Å². The van der Waals surface area contributed by atoms with E-state index >= 15 is 0 Å². The van der Waals surface area contributed by atoms with E-state index in [9.17, 15) is 10.2 Å². The predicted molar refractivity (Wildman–Crippen MR) is 102 cm³/mol. The first-order valence-electron chi connectivity index (χ1n) is 10.6. The second-order valence-corrected chi connectivity index (χ2v) is 7.36. The van der Waals surface area contributed by atoms with Crippen LogP contribution in [0, 0.1) is 0 Å². The maximum Gasteiger partial charge on any atom is 0.0564 e. The zero-order chi connectivity index (χ0) is 17.2. The molecule has 0 aliphatic carbocycles. The summed E-state index contributed by atoms with van der Waals surface area (Å²) in [7, 11) is 0. The summed E-state index contributed by atoms with van der Waals surface area (Å²) in [6.07, 6.45) is 19.9. The van der Waals surface area contributed by atoms with E-state index in [4.69, 9.17) is 0 Å². The molecule has 0 saturated heterocycles. The van der Waals surface area contributed by atoms with Gasteiger partial charge >= 0.3 is 0 Å². The Hall–Kier alpha value is -0.0800. The molecule has 140 valence electrons. The lowest BCUT2D eigenvalue weighted by Crippen LogP contribution is -2.17. The molecule has 2 nitrogen and oxygen atoms in total. The average molecular weight is 329 g/mol. The zero-order valence-corrected chi connectivity index (χ0v) is 16.1. The second-order valence-electron chi connectivity index (χ2n) is 7.36. The quantitative estimate of drug-likeness (QED) is 0.287. The highest BCUT2D eigenvalue weighted by Crippen LogP contribution is 2.15. The van der Waals surface area contributed by atoms with Gasteiger partial charge in [-0.15, -0.1) is 0 Å². The van der Waals surface area contributed by atoms with Crippen LogP contribution in [0.3, 0.4) is 0 Å². The van der Waals surface area contributed by atoms with E-state index in [0.29, 0.717) is 6.42 Å². The van der Waals surface area contributed by atoms with Crippen LogP contribution >= 0.6 is 0 Å². The molecule has 0 aromatic carbocycles. The number of rotatable bonds is 18. The molecule has 0 heterocycles. The first-order chi connectivity index (χ1) is 11.2. The van der Waals surface area contributed by atoms with Gasteiger partial charge in [-0.3, -0.25) is 0 Å². The Morgan fingerprint density at radius 3 is 1.22 bits per heavy atom. The van der Waals surface area contributed by atoms with E-state index in [2.05, 4.69) is 13.8 Å². The number of aliphatic hydroxyl groups is 2. The van der Waals surface area contributed by atoms with E-state index in [0.717, 1.165) is 25.7 Å². The lowest BCUT2D eigenvalue weighted by Gasteiger charge is -2.15. The van der Waals surface area contributed by atoms with Crippen molar-refractivity contribution in [2.45, 2.75) is 135 Å². The highest BCUT2D eigenvalue weighted by Gasteiger charge is 2.11. The standard InChI is InChI=1S/C21H44O2/c1-3-5-7-8-9-10-11-12-13-14-16-18-21(23)19-20(22)17-15-6-4-2/h20-23H,3-19H2,1-2H3. The summed E-state index contributed by atoms with van der Waals surface area (Å²) in [5.74, 6) is 0. The molecule has 2 N–H and O–H groups in total. The van der Waals surface area contributed by atoms with Crippen molar-refractivity contribution in [3.63, 3.8) is 0 Å². The highest BCUT2D eigenvalue weighted by atomic mass is 16.3. The maximum absolute atomic E-state index is 9.96. The Bertz CT molecular complexity index is 218. The fourth-order valence-electron chi connectivity index (χ4n) is 3.22. The molecular formula is C21H44O2. The number of aliphatic hydroxyl groups excluding tert-OH is 2. The third-order valence-corrected chi connectivity index (χ3v) is 4.83. The molecule has 23 heavy (non-hydrogen) atoms. The smallest absolute Gasteiger partial charge is 0.0564 e. The van der Waals surface area contributed by atoms with Gasteiger partial charge in [-0.25, -0.2) is 0 Å². The van der Waals surface area contributed by atoms with E-state index in [1.54, 1.807) is 0 Å². The first kappa shape index (κ1) is 22.9. The third kappa shape index (κ3) is 18.1. The normalized spacial score (nSPS) is 14.1. The Labute approximate surface area is 146 Å². The maximum atomic E-state index is 9.96. The van der Waals surface area contributed by atoms with Gasteiger partial charge in [0, 0.05) is 0 Å². The van der Waals surface area contributed by atoms with Gasteiger partial charge in [0.1, 0.15) is 0 Å². The van der Waals surface area contributed by atoms with Gasteiger partial charge in [0.25, 0.3) is 0 Å². The summed E-state index contributed by atoms with van der Waals surface area (Å²) in [6, 6.07) is 0. The average Bonchev–Trinajstić information content (AvgIpc) is 2.52. The summed E-state index contributed by atoms with van der Waals surface area (Å²) in [4.78, 5) is 0. The van der Waals surface area contributed by atoms with Crippen LogP contribution in [0.4, 0.5) is 0 Å². The van der Waals surface area contributed by atoms with Crippen molar-refractivity contribution < 1.29 is 10.2 Å². The molecule has 0 aromatic heterocycles. The number of hydrogen-bond donors (Lipinski definition) is 2. The summed E-state index contributed by atoms with van der Waals surface area (Å²) in [6.45, 7) is 4.44. The van der Waals surface area contributed by atoms with Crippen LogP contribution in [0.15, 0.2) is 0 Å². The molecule has 0 spiro atoms. The summed E-state index contributed by atoms with van der Waals surface area (Å²) in [5.41, 5.74) is 0. The van der Waals surface area contributed by atoms with Gasteiger partial charge in [-0.1, -0.05) is 104 Å². The lowest BCUT2D eigenvalue weighted by atomic mass is 10.00. The fourth-order valence-corrected chi connectivity index (χ4v) is 3.22. The minimum Gasteiger partial charge on any atom is -0.393 e. The molecule has 0 radical (unpaired) electrons. The molecule has 0 fully saturated rings. The van der Waals surface area contributed by atoms with E-state index in [1.165, 1.54) is 77.0 Å². The molecule has 0 bridgehead atoms. The molecule has 0 aliphatic heterocycles. The Balaban J connectivity index is 3.24. The molecule has 0 rings (SSSR count). The summed E-state index contributed by atoms with van der Waals surface area (Å²) in [5, 5.41) is 19.8. The molecule has 0 saturated carbocycles. The molecule has 2 heteroatoms. The van der Waals surface area contributed by atoms with Crippen LogP contribution in [-0.4, -0.2) is 22.4 Å². The SMILES string of the molecule is CCCCCCCCCCCCCC(O)CC(O)CCCCC. The van der Waals surface area contributed by atoms with E-state index < -0.39 is 0 Å². The van der Waals surface area contributed by atoms with Crippen molar-refractivity contribution in [3.8, 4) is 0 Å². The van der Waals surface area contributed by atoms with Crippen molar-refractivity contribution in [2.75, 3.05) is 0 Å². The summed E-state index contributed by atoms with van der Waals surface area (Å²) < 4.78 is 0. The van der Waals surface area contributed by atoms with Gasteiger partial charge < -0.3 is 10.2 Å². The summed E-state index contributed by atoms with van der Waals surface area (Å²) >= 11 is 0. The first-order valence-corrected chi connectivity index (χ1v) is 10.6. The molecule has 0 aromatic rings. The van der Waals surface area contributed by atoms with Crippen LogP contribution in [0.25, 0.3) is 0 Å². The minimum atomic E-state index is -0.302. The molecular weight excluding hydrogens is 284 g/mol. The zero-order valence-electron chi connectivity index (χ0n) is 16.1. The molecule has 2 atom stereocenters. The Morgan fingerprint density at radius 1 is 0.478 bits per heavy atom. The fraction of sp³-hybridized carbons (Fsp3) is 1.00. The van der Waals surface area contributed by atoms with Crippen molar-refractivity contribution in [2.24, 2.45) is 0 Å². The third-order valence-electron chi connectivity index (χ3n) is 4.83. The lowest BCUT2D eigenvalue weighted by molar-refractivity contribution is 0.0681. The Morgan fingerprint density at radius 2 is 0.783 bits per heavy atom. The molecule has 0 aliphatic rings. The van der Waals surface area contributed by atoms with Gasteiger partial charge in [-0.05, 0) is 19.3 Å². The van der Waals surface area contributed by atoms with Crippen LogP contribution in [0.1, 0.15) is 123 Å². The number of unbranched alkanes of at least 4 members (excludes halogenated alkanes) is 12. The van der Waals surface area contributed by atoms with Crippen LogP contribution in [0.5, 0.6) is 0 Å². The van der Waals surface area contributed by atoms with Gasteiger partial charge in [-0.2, -0.15) is 0 Å². The molecule has 0 amide bonds. The monoisotopic (exact) mass is 328 g/mol. The van der Waals surface area contributed by atoms with E-state index in [1.807, 2.05) is 0 Å². The largest absolute Gasteiger partial charge is 0.393 e. The van der Waals surface area contributed by atoms with Crippen molar-refractivity contribution in [1.82, 2.24) is 0 Å².